The molecule has 2 N–H and O–H groups in total. The average Bonchev–Trinajstić information content (AvgIpc) is 3.41. The molecule has 2 aliphatic rings. The molecule has 0 saturated carbocycles. The zero-order valence-electron chi connectivity index (χ0n) is 19.4. The number of hydrogen-bond acceptors (Lipinski definition) is 6. The number of hydrogen-bond donors (Lipinski definition) is 1. The Morgan fingerprint density at radius 3 is 2.43 bits per heavy atom. The second kappa shape index (κ2) is 9.24. The Kier molecular flexibility index (Phi) is 6.49. The molecule has 2 aliphatic heterocycles. The van der Waals surface area contributed by atoms with Crippen LogP contribution in [0.15, 0.2) is 22.7 Å². The second-order valence-corrected chi connectivity index (χ2v) is 9.25. The molecule has 2 aromatic rings. The Hall–Kier alpha value is -3.55. The molecular formula is C24H26F3N5O3. The van der Waals surface area contributed by atoms with Gasteiger partial charge in [-0.2, -0.15) is 18.4 Å². The molecule has 1 aromatic heterocycles. The summed E-state index contributed by atoms with van der Waals surface area (Å²) in [6.07, 6.45) is -3.33. The number of rotatable bonds is 4. The predicted octanol–water partition coefficient (Wildman–Crippen LogP) is 3.27. The number of amides is 2. The van der Waals surface area contributed by atoms with Crippen molar-refractivity contribution in [3.63, 3.8) is 0 Å². The number of benzene rings is 1. The van der Waals surface area contributed by atoms with Crippen molar-refractivity contribution in [1.82, 2.24) is 10.1 Å². The summed E-state index contributed by atoms with van der Waals surface area (Å²) in [5.74, 6) is -0.834. The number of primary amides is 1. The Bertz CT molecular complexity index is 1160. The lowest BCUT2D eigenvalue weighted by atomic mass is 9.78. The van der Waals surface area contributed by atoms with Crippen LogP contribution in [0.5, 0.6) is 0 Å². The minimum atomic E-state index is -4.62. The number of alkyl halides is 3. The van der Waals surface area contributed by atoms with E-state index in [4.69, 9.17) is 15.5 Å². The first-order valence-corrected chi connectivity index (χ1v) is 11.4. The number of carbonyl (C=O) groups is 2. The smallest absolute Gasteiger partial charge is 0.372 e. The van der Waals surface area contributed by atoms with Gasteiger partial charge in [0, 0.05) is 31.9 Å². The van der Waals surface area contributed by atoms with Crippen LogP contribution in [0.3, 0.4) is 0 Å². The molecular weight excluding hydrogens is 463 g/mol. The monoisotopic (exact) mass is 489 g/mol. The number of aromatic nitrogens is 1. The summed E-state index contributed by atoms with van der Waals surface area (Å²) in [6, 6.07) is 5.34. The minimum absolute atomic E-state index is 0.0895. The van der Waals surface area contributed by atoms with Crippen molar-refractivity contribution < 1.29 is 27.3 Å². The summed E-state index contributed by atoms with van der Waals surface area (Å²) in [6.45, 7) is 4.92. The van der Waals surface area contributed by atoms with E-state index in [-0.39, 0.29) is 24.3 Å². The fraction of sp³-hybridized carbons (Fsp3) is 0.500. The topological polar surface area (TPSA) is 116 Å². The maximum atomic E-state index is 13.4. The first-order chi connectivity index (χ1) is 16.5. The SMILES string of the molecule is Cc1noc(C)c1C(=O)N1C[C@@H](C(N)=O)[C@H](C2CCN(c3ccc(C#N)c(C(F)(F)F)c3)CC2)C1. The van der Waals surface area contributed by atoms with Gasteiger partial charge in [0.2, 0.25) is 5.91 Å². The highest BCUT2D eigenvalue weighted by Crippen LogP contribution is 2.39. The fourth-order valence-electron chi connectivity index (χ4n) is 5.37. The van der Waals surface area contributed by atoms with Gasteiger partial charge in [0.1, 0.15) is 11.3 Å². The number of piperidine rings is 1. The molecule has 0 aliphatic carbocycles. The van der Waals surface area contributed by atoms with Crippen LogP contribution < -0.4 is 10.6 Å². The van der Waals surface area contributed by atoms with Gasteiger partial charge < -0.3 is 20.1 Å². The number of carbonyl (C=O) groups excluding carboxylic acids is 2. The van der Waals surface area contributed by atoms with E-state index in [1.54, 1.807) is 24.8 Å². The molecule has 8 nitrogen and oxygen atoms in total. The molecule has 11 heteroatoms. The van der Waals surface area contributed by atoms with Gasteiger partial charge in [-0.1, -0.05) is 5.16 Å². The van der Waals surface area contributed by atoms with Gasteiger partial charge >= 0.3 is 6.18 Å². The van der Waals surface area contributed by atoms with Crippen molar-refractivity contribution in [3.8, 4) is 6.07 Å². The first kappa shape index (κ1) is 24.6. The van der Waals surface area contributed by atoms with Crippen LogP contribution in [-0.2, 0) is 11.0 Å². The van der Waals surface area contributed by atoms with Crippen molar-refractivity contribution in [3.05, 3.63) is 46.3 Å². The van der Waals surface area contributed by atoms with Gasteiger partial charge in [-0.3, -0.25) is 9.59 Å². The highest BCUT2D eigenvalue weighted by molar-refractivity contribution is 5.96. The average molecular weight is 489 g/mol. The van der Waals surface area contributed by atoms with Crippen LogP contribution in [0.2, 0.25) is 0 Å². The van der Waals surface area contributed by atoms with Crippen LogP contribution in [0.4, 0.5) is 18.9 Å². The summed E-state index contributed by atoms with van der Waals surface area (Å²) in [7, 11) is 0. The van der Waals surface area contributed by atoms with E-state index in [0.717, 1.165) is 6.07 Å². The highest BCUT2D eigenvalue weighted by atomic mass is 19.4. The van der Waals surface area contributed by atoms with E-state index >= 15 is 0 Å². The molecule has 3 heterocycles. The molecule has 2 fully saturated rings. The summed E-state index contributed by atoms with van der Waals surface area (Å²) in [5.41, 5.74) is 5.62. The fourth-order valence-corrected chi connectivity index (χ4v) is 5.37. The van der Waals surface area contributed by atoms with Crippen molar-refractivity contribution in [2.45, 2.75) is 32.9 Å². The molecule has 2 amide bonds. The lowest BCUT2D eigenvalue weighted by Crippen LogP contribution is -2.40. The van der Waals surface area contributed by atoms with Gasteiger partial charge in [0.25, 0.3) is 5.91 Å². The first-order valence-electron chi connectivity index (χ1n) is 11.4. The standard InChI is InChI=1S/C24H26F3N5O3/c1-13-21(14(2)35-30-13)23(34)32-11-18(19(12-32)22(29)33)15-5-7-31(8-6-15)17-4-3-16(10-28)20(9-17)24(25,26)27/h3-4,9,15,18-19H,5-8,11-12H2,1-2H3,(H2,29,33)/t18-,19+/m0/s1. The van der Waals surface area contributed by atoms with E-state index in [1.165, 1.54) is 12.1 Å². The van der Waals surface area contributed by atoms with Crippen LogP contribution in [0, 0.1) is 42.9 Å². The molecule has 2 saturated heterocycles. The zero-order valence-corrected chi connectivity index (χ0v) is 19.4. The number of nitrogens with zero attached hydrogens (tertiary/aromatic N) is 4. The molecule has 1 aromatic carbocycles. The maximum absolute atomic E-state index is 13.4. The van der Waals surface area contributed by atoms with Crippen molar-refractivity contribution in [2.24, 2.45) is 23.5 Å². The number of halogens is 3. The Morgan fingerprint density at radius 2 is 1.89 bits per heavy atom. The second-order valence-electron chi connectivity index (χ2n) is 9.25. The minimum Gasteiger partial charge on any atom is -0.372 e. The number of nitriles is 1. The van der Waals surface area contributed by atoms with Crippen LogP contribution in [0.1, 0.15) is 45.8 Å². The maximum Gasteiger partial charge on any atom is 0.417 e. The molecule has 2 atom stereocenters. The molecule has 0 radical (unpaired) electrons. The van der Waals surface area contributed by atoms with Gasteiger partial charge in [0.15, 0.2) is 0 Å². The third kappa shape index (κ3) is 4.70. The van der Waals surface area contributed by atoms with Crippen LogP contribution >= 0.6 is 0 Å². The lowest BCUT2D eigenvalue weighted by Gasteiger charge is -2.37. The van der Waals surface area contributed by atoms with Crippen molar-refractivity contribution in [2.75, 3.05) is 31.1 Å². The third-order valence-corrected chi connectivity index (χ3v) is 7.20. The van der Waals surface area contributed by atoms with Gasteiger partial charge in [-0.15, -0.1) is 0 Å². The summed E-state index contributed by atoms with van der Waals surface area (Å²) >= 11 is 0. The largest absolute Gasteiger partial charge is 0.417 e. The summed E-state index contributed by atoms with van der Waals surface area (Å²) in [4.78, 5) is 28.8. The predicted molar refractivity (Wildman–Crippen MR) is 119 cm³/mol. The van der Waals surface area contributed by atoms with Crippen LogP contribution in [-0.4, -0.2) is 48.0 Å². The van der Waals surface area contributed by atoms with Crippen molar-refractivity contribution >= 4 is 17.5 Å². The Morgan fingerprint density at radius 1 is 1.20 bits per heavy atom. The van der Waals surface area contributed by atoms with E-state index < -0.39 is 29.1 Å². The molecule has 35 heavy (non-hydrogen) atoms. The lowest BCUT2D eigenvalue weighted by molar-refractivity contribution is -0.137. The molecule has 4 rings (SSSR count). The van der Waals surface area contributed by atoms with Gasteiger partial charge in [-0.05, 0) is 56.7 Å². The number of likely N-dealkylation sites (tertiary alicyclic amines) is 1. The normalized spacial score (nSPS) is 21.3. The van der Waals surface area contributed by atoms with Gasteiger partial charge in [0.05, 0.1) is 28.8 Å². The van der Waals surface area contributed by atoms with Crippen LogP contribution in [0.25, 0.3) is 0 Å². The molecule has 0 bridgehead atoms. The summed E-state index contributed by atoms with van der Waals surface area (Å²) < 4.78 is 45.2. The van der Waals surface area contributed by atoms with Gasteiger partial charge in [-0.25, -0.2) is 0 Å². The van der Waals surface area contributed by atoms with E-state index in [0.29, 0.717) is 55.2 Å². The van der Waals surface area contributed by atoms with E-state index in [1.807, 2.05) is 4.90 Å². The number of aryl methyl sites for hydroxylation is 2. The highest BCUT2D eigenvalue weighted by Gasteiger charge is 2.44. The summed E-state index contributed by atoms with van der Waals surface area (Å²) in [5, 5.41) is 12.9. The molecule has 186 valence electrons. The molecule has 0 spiro atoms. The zero-order chi connectivity index (χ0) is 25.5. The van der Waals surface area contributed by atoms with Crippen molar-refractivity contribution in [1.29, 1.82) is 5.26 Å². The molecule has 0 unspecified atom stereocenters. The third-order valence-electron chi connectivity index (χ3n) is 7.20. The number of anilines is 1. The Labute approximate surface area is 200 Å². The van der Waals surface area contributed by atoms with E-state index in [9.17, 15) is 22.8 Å². The van der Waals surface area contributed by atoms with E-state index in [2.05, 4.69) is 5.16 Å². The Balaban J connectivity index is 1.47. The number of nitrogens with two attached hydrogens (primary N) is 1. The quantitative estimate of drug-likeness (QED) is 0.705.